The van der Waals surface area contributed by atoms with Gasteiger partial charge in [0.2, 0.25) is 0 Å². The van der Waals surface area contributed by atoms with E-state index in [1.165, 1.54) is 10.8 Å². The Morgan fingerprint density at radius 1 is 1.44 bits per heavy atom. The molecule has 0 unspecified atom stereocenters. The normalized spacial score (nSPS) is 10.6. The molecule has 0 aliphatic carbocycles. The second kappa shape index (κ2) is 4.32. The number of aryl methyl sites for hydroxylation is 1. The van der Waals surface area contributed by atoms with Crippen LogP contribution < -0.4 is 5.69 Å². The first kappa shape index (κ1) is 10.6. The maximum atomic E-state index is 11.4. The average Bonchev–Trinajstić information content (AvgIpc) is 2.71. The van der Waals surface area contributed by atoms with Crippen molar-refractivity contribution in [1.29, 1.82) is 0 Å². The van der Waals surface area contributed by atoms with Crippen molar-refractivity contribution in [2.45, 2.75) is 20.1 Å². The van der Waals surface area contributed by atoms with E-state index in [9.17, 15) is 4.79 Å². The lowest BCUT2D eigenvalue weighted by Gasteiger charge is -2.02. The molecule has 84 valence electrons. The maximum absolute atomic E-state index is 11.4. The van der Waals surface area contributed by atoms with Gasteiger partial charge in [0.05, 0.1) is 6.54 Å². The zero-order valence-corrected chi connectivity index (χ0v) is 8.88. The van der Waals surface area contributed by atoms with Gasteiger partial charge in [-0.15, -0.1) is 0 Å². The van der Waals surface area contributed by atoms with Crippen LogP contribution in [0.5, 0.6) is 0 Å². The highest BCUT2D eigenvalue weighted by atomic mass is 16.4. The molecule has 0 aromatic carbocycles. The van der Waals surface area contributed by atoms with Gasteiger partial charge in [0, 0.05) is 12.4 Å². The van der Waals surface area contributed by atoms with Gasteiger partial charge in [-0.2, -0.15) is 0 Å². The summed E-state index contributed by atoms with van der Waals surface area (Å²) in [6.45, 7) is 2.05. The van der Waals surface area contributed by atoms with Crippen molar-refractivity contribution in [1.82, 2.24) is 9.55 Å². The predicted molar refractivity (Wildman–Crippen MR) is 57.0 cm³/mol. The monoisotopic (exact) mass is 220 g/mol. The Balaban J connectivity index is 2.26. The van der Waals surface area contributed by atoms with E-state index in [1.54, 1.807) is 18.3 Å². The number of rotatable bonds is 3. The summed E-state index contributed by atoms with van der Waals surface area (Å²) in [6.07, 6.45) is 3.25. The molecule has 0 saturated heterocycles. The lowest BCUT2D eigenvalue weighted by Crippen LogP contribution is -2.22. The van der Waals surface area contributed by atoms with E-state index in [0.29, 0.717) is 18.1 Å². The van der Waals surface area contributed by atoms with Gasteiger partial charge in [-0.25, -0.2) is 9.78 Å². The molecular formula is C11H12N2O3. The molecule has 0 saturated carbocycles. The van der Waals surface area contributed by atoms with Gasteiger partial charge in [0.25, 0.3) is 0 Å². The van der Waals surface area contributed by atoms with E-state index in [1.807, 2.05) is 6.92 Å². The van der Waals surface area contributed by atoms with Crippen molar-refractivity contribution in [3.05, 3.63) is 52.1 Å². The molecule has 2 rings (SSSR count). The van der Waals surface area contributed by atoms with Crippen molar-refractivity contribution >= 4 is 0 Å². The molecule has 0 radical (unpaired) electrons. The quantitative estimate of drug-likeness (QED) is 0.826. The van der Waals surface area contributed by atoms with Crippen molar-refractivity contribution in [2.24, 2.45) is 0 Å². The highest BCUT2D eigenvalue weighted by Crippen LogP contribution is 2.08. The molecule has 5 heteroatoms. The summed E-state index contributed by atoms with van der Waals surface area (Å²) in [5.74, 6) is 1.11. The Hall–Kier alpha value is -1.88. The van der Waals surface area contributed by atoms with Crippen LogP contribution in [-0.4, -0.2) is 14.7 Å². The molecule has 0 fully saturated rings. The van der Waals surface area contributed by atoms with Crippen molar-refractivity contribution in [3.8, 4) is 0 Å². The van der Waals surface area contributed by atoms with Gasteiger partial charge in [-0.1, -0.05) is 0 Å². The Morgan fingerprint density at radius 3 is 2.88 bits per heavy atom. The topological polar surface area (TPSA) is 68.3 Å². The fraction of sp³-hybridized carbons (Fsp3) is 0.273. The fourth-order valence-electron chi connectivity index (χ4n) is 1.44. The number of hydrogen-bond donors (Lipinski definition) is 1. The number of aliphatic hydroxyl groups is 1. The van der Waals surface area contributed by atoms with Crippen LogP contribution in [-0.2, 0) is 13.2 Å². The lowest BCUT2D eigenvalue weighted by molar-refractivity contribution is 0.243. The minimum atomic E-state index is -0.312. The number of nitrogens with zero attached hydrogens (tertiary/aromatic N) is 2. The van der Waals surface area contributed by atoms with Crippen molar-refractivity contribution in [3.63, 3.8) is 0 Å². The SMILES string of the molecule is Cc1cnc(=O)n(Cc2ccc(CO)o2)c1. The summed E-state index contributed by atoms with van der Waals surface area (Å²) in [6, 6.07) is 3.42. The molecule has 1 N–H and O–H groups in total. The molecule has 5 nitrogen and oxygen atoms in total. The number of furan rings is 1. The van der Waals surface area contributed by atoms with E-state index in [4.69, 9.17) is 9.52 Å². The Morgan fingerprint density at radius 2 is 2.19 bits per heavy atom. The van der Waals surface area contributed by atoms with Crippen molar-refractivity contribution < 1.29 is 9.52 Å². The average molecular weight is 220 g/mol. The molecule has 2 aromatic rings. The molecule has 0 atom stereocenters. The fourth-order valence-corrected chi connectivity index (χ4v) is 1.44. The van der Waals surface area contributed by atoms with E-state index in [2.05, 4.69) is 4.98 Å². The maximum Gasteiger partial charge on any atom is 0.347 e. The standard InChI is InChI=1S/C11H12N2O3/c1-8-4-12-11(15)13(5-8)6-9-2-3-10(7-14)16-9/h2-5,14H,6-7H2,1H3. The second-order valence-corrected chi connectivity index (χ2v) is 3.57. The summed E-state index contributed by atoms with van der Waals surface area (Å²) in [4.78, 5) is 15.1. The third kappa shape index (κ3) is 2.20. The third-order valence-corrected chi connectivity index (χ3v) is 2.18. The van der Waals surface area contributed by atoms with Gasteiger partial charge in [0.1, 0.15) is 18.1 Å². The van der Waals surface area contributed by atoms with Crippen LogP contribution in [0, 0.1) is 6.92 Å². The highest BCUT2D eigenvalue weighted by molar-refractivity contribution is 5.08. The van der Waals surface area contributed by atoms with Crippen molar-refractivity contribution in [2.75, 3.05) is 0 Å². The van der Waals surface area contributed by atoms with Crippen LogP contribution in [0.25, 0.3) is 0 Å². The number of hydrogen-bond acceptors (Lipinski definition) is 4. The molecule has 0 aliphatic heterocycles. The Labute approximate surface area is 92.0 Å². The second-order valence-electron chi connectivity index (χ2n) is 3.57. The van der Waals surface area contributed by atoms with E-state index < -0.39 is 0 Å². The Kier molecular flexibility index (Phi) is 2.87. The van der Waals surface area contributed by atoms with Gasteiger partial charge < -0.3 is 9.52 Å². The van der Waals surface area contributed by atoms with E-state index in [0.717, 1.165) is 5.56 Å². The minimum absolute atomic E-state index is 0.138. The first-order valence-corrected chi connectivity index (χ1v) is 4.90. The molecular weight excluding hydrogens is 208 g/mol. The van der Waals surface area contributed by atoms with Crippen LogP contribution in [0.15, 0.2) is 33.7 Å². The number of aliphatic hydroxyl groups excluding tert-OH is 1. The molecule has 0 bridgehead atoms. The molecule has 2 aromatic heterocycles. The van der Waals surface area contributed by atoms with Crippen LogP contribution in [0.1, 0.15) is 17.1 Å². The molecule has 2 heterocycles. The molecule has 16 heavy (non-hydrogen) atoms. The van der Waals surface area contributed by atoms with Gasteiger partial charge >= 0.3 is 5.69 Å². The molecule has 0 aliphatic rings. The summed E-state index contributed by atoms with van der Waals surface area (Å²) in [5.41, 5.74) is 0.598. The lowest BCUT2D eigenvalue weighted by atomic mass is 10.4. The van der Waals surface area contributed by atoms with Crippen LogP contribution in [0.4, 0.5) is 0 Å². The third-order valence-electron chi connectivity index (χ3n) is 2.18. The van der Waals surface area contributed by atoms with E-state index in [-0.39, 0.29) is 12.3 Å². The summed E-state index contributed by atoms with van der Waals surface area (Å²) in [5, 5.41) is 8.84. The van der Waals surface area contributed by atoms with Gasteiger partial charge in [-0.05, 0) is 24.6 Å². The largest absolute Gasteiger partial charge is 0.462 e. The molecule has 0 spiro atoms. The van der Waals surface area contributed by atoms with E-state index >= 15 is 0 Å². The number of aromatic nitrogens is 2. The highest BCUT2D eigenvalue weighted by Gasteiger charge is 2.04. The zero-order chi connectivity index (χ0) is 11.5. The van der Waals surface area contributed by atoms with Crippen LogP contribution >= 0.6 is 0 Å². The minimum Gasteiger partial charge on any atom is -0.462 e. The Bertz CT molecular complexity index is 542. The van der Waals surface area contributed by atoms with Gasteiger partial charge in [-0.3, -0.25) is 4.57 Å². The first-order valence-electron chi connectivity index (χ1n) is 4.90. The summed E-state index contributed by atoms with van der Waals surface area (Å²) < 4.78 is 6.76. The smallest absolute Gasteiger partial charge is 0.347 e. The predicted octanol–water partition coefficient (Wildman–Crippen LogP) is 0.685. The van der Waals surface area contributed by atoms with Crippen LogP contribution in [0.2, 0.25) is 0 Å². The zero-order valence-electron chi connectivity index (χ0n) is 8.88. The van der Waals surface area contributed by atoms with Gasteiger partial charge in [0.15, 0.2) is 0 Å². The molecule has 0 amide bonds. The summed E-state index contributed by atoms with van der Waals surface area (Å²) >= 11 is 0. The first-order chi connectivity index (χ1) is 7.69. The van der Waals surface area contributed by atoms with Crippen LogP contribution in [0.3, 0.4) is 0 Å². The summed E-state index contributed by atoms with van der Waals surface area (Å²) in [7, 11) is 0.